The van der Waals surface area contributed by atoms with E-state index in [1.807, 2.05) is 10.8 Å². The Morgan fingerprint density at radius 2 is 2.41 bits per heavy atom. The number of nitrogens with two attached hydrogens (primary N) is 1. The average Bonchev–Trinajstić information content (AvgIpc) is 2.77. The largest absolute Gasteiger partial charge is 0.385 e. The molecule has 0 aliphatic carbocycles. The highest BCUT2D eigenvalue weighted by molar-refractivity contribution is 5.96. The summed E-state index contributed by atoms with van der Waals surface area (Å²) < 4.78 is 6.80. The van der Waals surface area contributed by atoms with Crippen molar-refractivity contribution in [2.24, 2.45) is 5.73 Å². The third kappa shape index (κ3) is 3.94. The van der Waals surface area contributed by atoms with Crippen molar-refractivity contribution >= 4 is 5.78 Å². The van der Waals surface area contributed by atoms with Crippen molar-refractivity contribution in [3.8, 4) is 0 Å². The van der Waals surface area contributed by atoms with E-state index in [1.54, 1.807) is 13.3 Å². The third-order valence-corrected chi connectivity index (χ3v) is 2.60. The van der Waals surface area contributed by atoms with E-state index in [2.05, 4.69) is 11.9 Å². The Hall–Kier alpha value is -1.20. The molecule has 0 aliphatic rings. The predicted molar refractivity (Wildman–Crippen MR) is 65.9 cm³/mol. The Labute approximate surface area is 102 Å². The zero-order chi connectivity index (χ0) is 12.7. The first kappa shape index (κ1) is 13.9. The third-order valence-electron chi connectivity index (χ3n) is 2.60. The number of aryl methyl sites for hydroxylation is 1. The van der Waals surface area contributed by atoms with Gasteiger partial charge in [-0.2, -0.15) is 0 Å². The number of Topliss-reactive ketones (excluding diaryl/α,β-unsaturated/α-hetero) is 1. The van der Waals surface area contributed by atoms with Gasteiger partial charge < -0.3 is 15.0 Å². The van der Waals surface area contributed by atoms with Crippen molar-refractivity contribution in [3.63, 3.8) is 0 Å². The average molecular weight is 239 g/mol. The highest BCUT2D eigenvalue weighted by atomic mass is 16.5. The standard InChI is InChI=1S/C12H21N3O2/c1-3-7-15-8-6-14-12(15)11(16)10(13)5-4-9-17-2/h6,8,10H,3-5,7,9,13H2,1-2H3. The molecule has 5 heteroatoms. The summed E-state index contributed by atoms with van der Waals surface area (Å²) in [5, 5.41) is 0. The molecule has 0 aliphatic heterocycles. The number of nitrogens with zero attached hydrogens (tertiary/aromatic N) is 2. The molecule has 0 fully saturated rings. The van der Waals surface area contributed by atoms with Crippen LogP contribution in [0.5, 0.6) is 0 Å². The van der Waals surface area contributed by atoms with Crippen molar-refractivity contribution in [2.45, 2.75) is 38.8 Å². The number of methoxy groups -OCH3 is 1. The SMILES string of the molecule is CCCn1ccnc1C(=O)C(N)CCCOC. The van der Waals surface area contributed by atoms with E-state index < -0.39 is 6.04 Å². The molecule has 0 spiro atoms. The molecular formula is C12H21N3O2. The number of hydrogen-bond donors (Lipinski definition) is 1. The number of carbonyl (C=O) groups is 1. The van der Waals surface area contributed by atoms with E-state index in [1.165, 1.54) is 0 Å². The second kappa shape index (κ2) is 7.19. The monoisotopic (exact) mass is 239 g/mol. The second-order valence-corrected chi connectivity index (χ2v) is 4.05. The summed E-state index contributed by atoms with van der Waals surface area (Å²) in [4.78, 5) is 16.1. The minimum Gasteiger partial charge on any atom is -0.385 e. The van der Waals surface area contributed by atoms with Crippen molar-refractivity contribution < 1.29 is 9.53 Å². The van der Waals surface area contributed by atoms with Gasteiger partial charge in [0.25, 0.3) is 0 Å². The normalized spacial score (nSPS) is 12.6. The van der Waals surface area contributed by atoms with E-state index in [0.29, 0.717) is 18.9 Å². The minimum absolute atomic E-state index is 0.0837. The van der Waals surface area contributed by atoms with Crippen LogP contribution in [0.2, 0.25) is 0 Å². The van der Waals surface area contributed by atoms with Crippen LogP contribution in [0.25, 0.3) is 0 Å². The molecular weight excluding hydrogens is 218 g/mol. The van der Waals surface area contributed by atoms with Crippen LogP contribution in [-0.4, -0.2) is 35.1 Å². The topological polar surface area (TPSA) is 70.1 Å². The summed E-state index contributed by atoms with van der Waals surface area (Å²) in [6, 6.07) is -0.483. The summed E-state index contributed by atoms with van der Waals surface area (Å²) in [7, 11) is 1.64. The molecule has 0 saturated carbocycles. The first-order chi connectivity index (χ1) is 8.20. The molecule has 0 radical (unpaired) electrons. The molecule has 1 aromatic rings. The van der Waals surface area contributed by atoms with Gasteiger partial charge in [-0.05, 0) is 19.3 Å². The van der Waals surface area contributed by atoms with Crippen LogP contribution >= 0.6 is 0 Å². The molecule has 1 heterocycles. The highest BCUT2D eigenvalue weighted by Crippen LogP contribution is 2.06. The fourth-order valence-electron chi connectivity index (χ4n) is 1.70. The molecule has 1 atom stereocenters. The quantitative estimate of drug-likeness (QED) is 0.547. The van der Waals surface area contributed by atoms with Gasteiger partial charge in [0.1, 0.15) is 0 Å². The Kier molecular flexibility index (Phi) is 5.86. The van der Waals surface area contributed by atoms with Crippen molar-refractivity contribution in [1.29, 1.82) is 0 Å². The number of hydrogen-bond acceptors (Lipinski definition) is 4. The van der Waals surface area contributed by atoms with Crippen LogP contribution in [0, 0.1) is 0 Å². The lowest BCUT2D eigenvalue weighted by Gasteiger charge is -2.11. The minimum atomic E-state index is -0.483. The molecule has 0 amide bonds. The van der Waals surface area contributed by atoms with Crippen LogP contribution in [-0.2, 0) is 11.3 Å². The molecule has 0 bridgehead atoms. The Morgan fingerprint density at radius 1 is 1.65 bits per heavy atom. The number of imidazole rings is 1. The van der Waals surface area contributed by atoms with Crippen molar-refractivity contribution in [2.75, 3.05) is 13.7 Å². The number of carbonyl (C=O) groups excluding carboxylic acids is 1. The molecule has 1 unspecified atom stereocenters. The van der Waals surface area contributed by atoms with E-state index in [9.17, 15) is 4.79 Å². The van der Waals surface area contributed by atoms with E-state index >= 15 is 0 Å². The molecule has 5 nitrogen and oxygen atoms in total. The highest BCUT2D eigenvalue weighted by Gasteiger charge is 2.19. The molecule has 2 N–H and O–H groups in total. The number of aromatic nitrogens is 2. The van der Waals surface area contributed by atoms with Crippen LogP contribution in [0.1, 0.15) is 36.8 Å². The van der Waals surface area contributed by atoms with Gasteiger partial charge in [-0.1, -0.05) is 6.92 Å². The summed E-state index contributed by atoms with van der Waals surface area (Å²) in [6.45, 7) is 3.49. The maximum absolute atomic E-state index is 12.0. The van der Waals surface area contributed by atoms with Crippen LogP contribution in [0.4, 0.5) is 0 Å². The van der Waals surface area contributed by atoms with Gasteiger partial charge >= 0.3 is 0 Å². The molecule has 96 valence electrons. The zero-order valence-electron chi connectivity index (χ0n) is 10.6. The Morgan fingerprint density at radius 3 is 3.06 bits per heavy atom. The van der Waals surface area contributed by atoms with E-state index in [0.717, 1.165) is 19.4 Å². The van der Waals surface area contributed by atoms with Gasteiger partial charge in [0.05, 0.1) is 6.04 Å². The first-order valence-corrected chi connectivity index (χ1v) is 6.00. The van der Waals surface area contributed by atoms with Crippen LogP contribution in [0.3, 0.4) is 0 Å². The molecule has 0 saturated heterocycles. The number of ether oxygens (including phenoxy) is 1. The maximum Gasteiger partial charge on any atom is 0.214 e. The van der Waals surface area contributed by atoms with Crippen molar-refractivity contribution in [3.05, 3.63) is 18.2 Å². The van der Waals surface area contributed by atoms with Gasteiger partial charge in [-0.3, -0.25) is 4.79 Å². The number of ketones is 1. The van der Waals surface area contributed by atoms with Crippen LogP contribution < -0.4 is 5.73 Å². The summed E-state index contributed by atoms with van der Waals surface area (Å²) in [5.74, 6) is 0.385. The molecule has 17 heavy (non-hydrogen) atoms. The number of rotatable bonds is 8. The molecule has 1 aromatic heterocycles. The predicted octanol–water partition coefficient (Wildman–Crippen LogP) is 1.23. The van der Waals surface area contributed by atoms with Gasteiger partial charge in [-0.25, -0.2) is 4.98 Å². The van der Waals surface area contributed by atoms with Gasteiger partial charge in [0.15, 0.2) is 5.82 Å². The van der Waals surface area contributed by atoms with Gasteiger partial charge in [0.2, 0.25) is 5.78 Å². The summed E-state index contributed by atoms with van der Waals surface area (Å²) in [5.41, 5.74) is 5.86. The fourth-order valence-corrected chi connectivity index (χ4v) is 1.70. The van der Waals surface area contributed by atoms with Crippen LogP contribution in [0.15, 0.2) is 12.4 Å². The van der Waals surface area contributed by atoms with Gasteiger partial charge in [0, 0.05) is 32.7 Å². The zero-order valence-corrected chi connectivity index (χ0v) is 10.6. The summed E-state index contributed by atoms with van der Waals surface area (Å²) >= 11 is 0. The fraction of sp³-hybridized carbons (Fsp3) is 0.667. The Bertz CT molecular complexity index is 349. The van der Waals surface area contributed by atoms with Crippen molar-refractivity contribution in [1.82, 2.24) is 9.55 Å². The van der Waals surface area contributed by atoms with E-state index in [-0.39, 0.29) is 5.78 Å². The maximum atomic E-state index is 12.0. The summed E-state index contributed by atoms with van der Waals surface area (Å²) in [6.07, 6.45) is 5.85. The second-order valence-electron chi connectivity index (χ2n) is 4.05. The lowest BCUT2D eigenvalue weighted by atomic mass is 10.1. The first-order valence-electron chi connectivity index (χ1n) is 6.00. The lowest BCUT2D eigenvalue weighted by Crippen LogP contribution is -2.32. The van der Waals surface area contributed by atoms with Gasteiger partial charge in [-0.15, -0.1) is 0 Å². The molecule has 1 rings (SSSR count). The Balaban J connectivity index is 2.58. The lowest BCUT2D eigenvalue weighted by molar-refractivity contribution is 0.0935. The molecule has 0 aromatic carbocycles. The van der Waals surface area contributed by atoms with E-state index in [4.69, 9.17) is 10.5 Å². The smallest absolute Gasteiger partial charge is 0.214 e.